The van der Waals surface area contributed by atoms with Gasteiger partial charge in [0.15, 0.2) is 9.84 Å². The first kappa shape index (κ1) is 12.0. The minimum absolute atomic E-state index is 0.0631. The Kier molecular flexibility index (Phi) is 3.71. The number of sulfone groups is 1. The zero-order valence-electron chi connectivity index (χ0n) is 7.64. The summed E-state index contributed by atoms with van der Waals surface area (Å²) in [6, 6.07) is 5.56. The number of halogens is 1. The maximum Gasteiger partial charge on any atom is 0.178 e. The predicted octanol–water partition coefficient (Wildman–Crippen LogP) is 0.254. The zero-order chi connectivity index (χ0) is 11.5. The van der Waals surface area contributed by atoms with Crippen LogP contribution in [0.5, 0.6) is 0 Å². The summed E-state index contributed by atoms with van der Waals surface area (Å²) in [6.45, 7) is 0. The SMILES string of the molecule is O=C([O-])CCS(=O)(=O)c1ccc(Cl)cc1. The first-order chi connectivity index (χ1) is 6.92. The van der Waals surface area contributed by atoms with E-state index in [1.165, 1.54) is 24.3 Å². The van der Waals surface area contributed by atoms with Gasteiger partial charge in [-0.15, -0.1) is 0 Å². The molecule has 0 aromatic heterocycles. The highest BCUT2D eigenvalue weighted by Gasteiger charge is 2.13. The molecule has 0 radical (unpaired) electrons. The van der Waals surface area contributed by atoms with Crippen molar-refractivity contribution < 1.29 is 18.3 Å². The van der Waals surface area contributed by atoms with Crippen LogP contribution in [0, 0.1) is 0 Å². The molecule has 15 heavy (non-hydrogen) atoms. The number of carboxylic acids is 1. The highest BCUT2D eigenvalue weighted by atomic mass is 35.5. The van der Waals surface area contributed by atoms with Crippen molar-refractivity contribution in [2.45, 2.75) is 11.3 Å². The molecule has 0 unspecified atom stereocenters. The fourth-order valence-electron chi connectivity index (χ4n) is 0.977. The molecule has 0 aliphatic rings. The van der Waals surface area contributed by atoms with Crippen molar-refractivity contribution in [1.82, 2.24) is 0 Å². The summed E-state index contributed by atoms with van der Waals surface area (Å²) in [5.41, 5.74) is 0. The van der Waals surface area contributed by atoms with Crippen molar-refractivity contribution in [3.8, 4) is 0 Å². The summed E-state index contributed by atoms with van der Waals surface area (Å²) in [7, 11) is -3.55. The molecule has 0 N–H and O–H groups in total. The van der Waals surface area contributed by atoms with Crippen LogP contribution in [-0.4, -0.2) is 20.1 Å². The minimum Gasteiger partial charge on any atom is -0.550 e. The average molecular weight is 248 g/mol. The molecule has 0 atom stereocenters. The third-order valence-electron chi connectivity index (χ3n) is 1.75. The summed E-state index contributed by atoms with van der Waals surface area (Å²) >= 11 is 5.59. The molecule has 6 heteroatoms. The van der Waals surface area contributed by atoms with E-state index >= 15 is 0 Å². The van der Waals surface area contributed by atoms with Crippen molar-refractivity contribution in [2.75, 3.05) is 5.75 Å². The number of rotatable bonds is 4. The fourth-order valence-corrected chi connectivity index (χ4v) is 2.33. The molecule has 0 aliphatic heterocycles. The van der Waals surface area contributed by atoms with Gasteiger partial charge >= 0.3 is 0 Å². The van der Waals surface area contributed by atoms with Gasteiger partial charge in [0, 0.05) is 17.4 Å². The van der Waals surface area contributed by atoms with Crippen molar-refractivity contribution in [3.05, 3.63) is 29.3 Å². The summed E-state index contributed by atoms with van der Waals surface area (Å²) < 4.78 is 23.0. The first-order valence-corrected chi connectivity index (χ1v) is 6.13. The third kappa shape index (κ3) is 3.53. The lowest BCUT2D eigenvalue weighted by molar-refractivity contribution is -0.305. The normalized spacial score (nSPS) is 11.3. The molecule has 0 saturated carbocycles. The maximum absolute atomic E-state index is 11.5. The van der Waals surface area contributed by atoms with E-state index in [1.807, 2.05) is 0 Å². The highest BCUT2D eigenvalue weighted by molar-refractivity contribution is 7.91. The van der Waals surface area contributed by atoms with Crippen LogP contribution in [-0.2, 0) is 14.6 Å². The molecule has 1 aromatic carbocycles. The molecule has 1 aromatic rings. The summed E-state index contributed by atoms with van der Waals surface area (Å²) in [5.74, 6) is -1.84. The second-order valence-electron chi connectivity index (χ2n) is 2.89. The van der Waals surface area contributed by atoms with Gasteiger partial charge in [0.1, 0.15) is 0 Å². The largest absolute Gasteiger partial charge is 0.550 e. The average Bonchev–Trinajstić information content (AvgIpc) is 2.16. The van der Waals surface area contributed by atoms with E-state index in [0.717, 1.165) is 0 Å². The number of carbonyl (C=O) groups is 1. The number of carboxylic acid groups (broad SMARTS) is 1. The van der Waals surface area contributed by atoms with E-state index in [0.29, 0.717) is 5.02 Å². The molecular formula is C9H8ClO4S-. The van der Waals surface area contributed by atoms with Crippen molar-refractivity contribution in [3.63, 3.8) is 0 Å². The molecule has 4 nitrogen and oxygen atoms in total. The lowest BCUT2D eigenvalue weighted by Gasteiger charge is -2.04. The van der Waals surface area contributed by atoms with Gasteiger partial charge in [0.25, 0.3) is 0 Å². The molecule has 1 rings (SSSR count). The Morgan fingerprint density at radius 2 is 1.80 bits per heavy atom. The first-order valence-electron chi connectivity index (χ1n) is 4.10. The molecule has 0 bridgehead atoms. The summed E-state index contributed by atoms with van der Waals surface area (Å²) in [4.78, 5) is 10.2. The molecule has 0 saturated heterocycles. The van der Waals surface area contributed by atoms with Gasteiger partial charge in [-0.25, -0.2) is 8.42 Å². The van der Waals surface area contributed by atoms with E-state index in [1.54, 1.807) is 0 Å². The molecule has 0 fully saturated rings. The Bertz CT molecular complexity index is 450. The Morgan fingerprint density at radius 3 is 2.27 bits per heavy atom. The van der Waals surface area contributed by atoms with Crippen LogP contribution < -0.4 is 5.11 Å². The summed E-state index contributed by atoms with van der Waals surface area (Å²) in [6.07, 6.45) is -0.509. The van der Waals surface area contributed by atoms with Crippen LogP contribution >= 0.6 is 11.6 Å². The molecule has 0 spiro atoms. The van der Waals surface area contributed by atoms with Crippen LogP contribution in [0.1, 0.15) is 6.42 Å². The fraction of sp³-hybridized carbons (Fsp3) is 0.222. The van der Waals surface area contributed by atoms with E-state index in [-0.39, 0.29) is 4.90 Å². The monoisotopic (exact) mass is 247 g/mol. The minimum atomic E-state index is -3.55. The van der Waals surface area contributed by atoms with Gasteiger partial charge < -0.3 is 9.90 Å². The van der Waals surface area contributed by atoms with E-state index in [9.17, 15) is 18.3 Å². The highest BCUT2D eigenvalue weighted by Crippen LogP contribution is 2.15. The Hall–Kier alpha value is -1.07. The van der Waals surface area contributed by atoms with Gasteiger partial charge in [-0.1, -0.05) is 11.6 Å². The Morgan fingerprint density at radius 1 is 1.27 bits per heavy atom. The van der Waals surface area contributed by atoms with Crippen molar-refractivity contribution >= 4 is 27.4 Å². The van der Waals surface area contributed by atoms with E-state index in [4.69, 9.17) is 11.6 Å². The maximum atomic E-state index is 11.5. The number of hydrogen-bond donors (Lipinski definition) is 0. The second kappa shape index (κ2) is 4.63. The van der Waals surface area contributed by atoms with Crippen molar-refractivity contribution in [1.29, 1.82) is 0 Å². The predicted molar refractivity (Wildman–Crippen MR) is 53.1 cm³/mol. The van der Waals surface area contributed by atoms with Gasteiger partial charge in [0.05, 0.1) is 10.6 Å². The quantitative estimate of drug-likeness (QED) is 0.765. The number of carbonyl (C=O) groups excluding carboxylic acids is 1. The van der Waals surface area contributed by atoms with E-state index < -0.39 is 28.0 Å². The third-order valence-corrected chi connectivity index (χ3v) is 3.73. The lowest BCUT2D eigenvalue weighted by atomic mass is 10.4. The van der Waals surface area contributed by atoms with Crippen LogP contribution in [0.4, 0.5) is 0 Å². The molecule has 82 valence electrons. The smallest absolute Gasteiger partial charge is 0.178 e. The van der Waals surface area contributed by atoms with E-state index in [2.05, 4.69) is 0 Å². The molecule has 0 aliphatic carbocycles. The second-order valence-corrected chi connectivity index (χ2v) is 5.44. The molecule has 0 heterocycles. The van der Waals surface area contributed by atoms with Crippen molar-refractivity contribution in [2.24, 2.45) is 0 Å². The van der Waals surface area contributed by atoms with Gasteiger partial charge in [-0.05, 0) is 24.3 Å². The van der Waals surface area contributed by atoms with Crippen LogP contribution in [0.25, 0.3) is 0 Å². The lowest BCUT2D eigenvalue weighted by Crippen LogP contribution is -2.25. The molecule has 0 amide bonds. The van der Waals surface area contributed by atoms with Gasteiger partial charge in [-0.3, -0.25) is 0 Å². The summed E-state index contributed by atoms with van der Waals surface area (Å²) in [5, 5.41) is 10.6. The topological polar surface area (TPSA) is 74.3 Å². The number of aliphatic carboxylic acids is 1. The van der Waals surface area contributed by atoms with Crippen LogP contribution in [0.3, 0.4) is 0 Å². The number of hydrogen-bond acceptors (Lipinski definition) is 4. The zero-order valence-corrected chi connectivity index (χ0v) is 9.22. The molecular weight excluding hydrogens is 240 g/mol. The van der Waals surface area contributed by atoms with Crippen LogP contribution in [0.15, 0.2) is 29.2 Å². The standard InChI is InChI=1S/C9H9ClO4S/c10-7-1-3-8(4-2-7)15(13,14)6-5-9(11)12/h1-4H,5-6H2,(H,11,12)/p-1. The Balaban J connectivity index is 2.87. The number of benzene rings is 1. The van der Waals surface area contributed by atoms with Crippen LogP contribution in [0.2, 0.25) is 5.02 Å². The van der Waals surface area contributed by atoms with Gasteiger partial charge in [0.2, 0.25) is 0 Å². The Labute approximate surface area is 92.4 Å². The van der Waals surface area contributed by atoms with Gasteiger partial charge in [-0.2, -0.15) is 0 Å².